The minimum atomic E-state index is -4.13. The molecule has 142 valence electrons. The Bertz CT molecular complexity index is 824. The van der Waals surface area contributed by atoms with Gasteiger partial charge in [0.05, 0.1) is 16.4 Å². The van der Waals surface area contributed by atoms with Gasteiger partial charge >= 0.3 is 5.97 Å². The molecule has 0 spiro atoms. The smallest absolute Gasteiger partial charge is 0.326 e. The number of likely N-dealkylation sites (N-methyl/N-ethyl adjacent to an activating group) is 1. The summed E-state index contributed by atoms with van der Waals surface area (Å²) in [4.78, 5) is 34.7. The largest absolute Gasteiger partial charge is 0.480 e. The standard InChI is InChI=1S/C15H19N3O7S/c1-16(10-14(19)17-8-3-2-7-13(17)15(20)21)26(24,25)12-6-4-5-11(9-12)18(22)23/h4-6,9,13H,2-3,7-8,10H2,1H3,(H,20,21). The molecular weight excluding hydrogens is 366 g/mol. The van der Waals surface area contributed by atoms with Crippen LogP contribution in [0.3, 0.4) is 0 Å². The van der Waals surface area contributed by atoms with Gasteiger partial charge in [-0.05, 0) is 25.3 Å². The molecular formula is C15H19N3O7S. The second-order valence-corrected chi connectivity index (χ2v) is 8.00. The maximum Gasteiger partial charge on any atom is 0.326 e. The number of hydrogen-bond donors (Lipinski definition) is 1. The monoisotopic (exact) mass is 385 g/mol. The van der Waals surface area contributed by atoms with Gasteiger partial charge in [0.15, 0.2) is 0 Å². The minimum Gasteiger partial charge on any atom is -0.480 e. The number of piperidine rings is 1. The van der Waals surface area contributed by atoms with Gasteiger partial charge in [-0.3, -0.25) is 14.9 Å². The molecule has 1 aromatic rings. The van der Waals surface area contributed by atoms with Crippen LogP contribution in [0.25, 0.3) is 0 Å². The van der Waals surface area contributed by atoms with E-state index >= 15 is 0 Å². The number of nitro groups is 1. The van der Waals surface area contributed by atoms with E-state index in [0.29, 0.717) is 19.3 Å². The fourth-order valence-electron chi connectivity index (χ4n) is 2.79. The van der Waals surface area contributed by atoms with E-state index in [-0.39, 0.29) is 17.1 Å². The highest BCUT2D eigenvalue weighted by Gasteiger charge is 2.34. The lowest BCUT2D eigenvalue weighted by atomic mass is 10.0. The first-order chi connectivity index (χ1) is 12.1. The highest BCUT2D eigenvalue weighted by Crippen LogP contribution is 2.21. The number of carbonyl (C=O) groups is 2. The SMILES string of the molecule is CN(CC(=O)N1CCCCC1C(=O)O)S(=O)(=O)c1cccc([N+](=O)[O-])c1. The molecule has 26 heavy (non-hydrogen) atoms. The number of carboxylic acids is 1. The van der Waals surface area contributed by atoms with Crippen LogP contribution in [-0.2, 0) is 19.6 Å². The van der Waals surface area contributed by atoms with Crippen LogP contribution in [-0.4, -0.2) is 65.7 Å². The van der Waals surface area contributed by atoms with E-state index in [2.05, 4.69) is 0 Å². The van der Waals surface area contributed by atoms with E-state index in [0.717, 1.165) is 16.4 Å². The lowest BCUT2D eigenvalue weighted by Crippen LogP contribution is -2.51. The maximum atomic E-state index is 12.6. The Hall–Kier alpha value is -2.53. The van der Waals surface area contributed by atoms with Gasteiger partial charge in [0.1, 0.15) is 6.04 Å². The van der Waals surface area contributed by atoms with Gasteiger partial charge in [0, 0.05) is 25.7 Å². The van der Waals surface area contributed by atoms with Gasteiger partial charge in [0.25, 0.3) is 5.69 Å². The van der Waals surface area contributed by atoms with Crippen molar-refractivity contribution in [3.63, 3.8) is 0 Å². The third-order valence-corrected chi connectivity index (χ3v) is 6.00. The molecule has 0 bridgehead atoms. The summed E-state index contributed by atoms with van der Waals surface area (Å²) in [5, 5.41) is 20.0. The number of hydrogen-bond acceptors (Lipinski definition) is 6. The predicted molar refractivity (Wildman–Crippen MR) is 89.9 cm³/mol. The molecule has 1 N–H and O–H groups in total. The summed E-state index contributed by atoms with van der Waals surface area (Å²) in [5.41, 5.74) is -0.382. The fourth-order valence-corrected chi connectivity index (χ4v) is 3.95. The molecule has 1 heterocycles. The van der Waals surface area contributed by atoms with Crippen molar-refractivity contribution in [3.8, 4) is 0 Å². The Morgan fingerprint density at radius 2 is 2.08 bits per heavy atom. The van der Waals surface area contributed by atoms with E-state index in [1.165, 1.54) is 24.1 Å². The molecule has 0 saturated carbocycles. The molecule has 1 saturated heterocycles. The Balaban J connectivity index is 2.18. The number of carbonyl (C=O) groups excluding carboxylic acids is 1. The molecule has 1 atom stereocenters. The Morgan fingerprint density at radius 3 is 2.69 bits per heavy atom. The molecule has 0 radical (unpaired) electrons. The highest BCUT2D eigenvalue weighted by molar-refractivity contribution is 7.89. The Kier molecular flexibility index (Phi) is 5.93. The van der Waals surface area contributed by atoms with Gasteiger partial charge < -0.3 is 10.0 Å². The lowest BCUT2D eigenvalue weighted by Gasteiger charge is -2.33. The second-order valence-electron chi connectivity index (χ2n) is 5.95. The number of carboxylic acid groups (broad SMARTS) is 1. The third kappa shape index (κ3) is 4.17. The van der Waals surface area contributed by atoms with Crippen molar-refractivity contribution in [2.45, 2.75) is 30.2 Å². The summed E-state index contributed by atoms with van der Waals surface area (Å²) in [5.74, 6) is -1.74. The molecule has 0 aliphatic carbocycles. The summed E-state index contributed by atoms with van der Waals surface area (Å²) in [6, 6.07) is 3.55. The summed E-state index contributed by atoms with van der Waals surface area (Å²) in [6.07, 6.45) is 1.65. The van der Waals surface area contributed by atoms with Crippen LogP contribution < -0.4 is 0 Å². The number of rotatable bonds is 6. The number of amides is 1. The first kappa shape index (κ1) is 19.8. The minimum absolute atomic E-state index is 0.250. The van der Waals surface area contributed by atoms with Crippen LogP contribution in [0.4, 0.5) is 5.69 Å². The van der Waals surface area contributed by atoms with Crippen molar-refractivity contribution in [3.05, 3.63) is 34.4 Å². The number of aliphatic carboxylic acids is 1. The van der Waals surface area contributed by atoms with E-state index in [9.17, 15) is 33.2 Å². The van der Waals surface area contributed by atoms with Crippen LogP contribution in [0.2, 0.25) is 0 Å². The van der Waals surface area contributed by atoms with Gasteiger partial charge in [0.2, 0.25) is 15.9 Å². The third-order valence-electron chi connectivity index (χ3n) is 4.20. The Labute approximate surface area is 150 Å². The lowest BCUT2D eigenvalue weighted by molar-refractivity contribution is -0.385. The predicted octanol–water partition coefficient (Wildman–Crippen LogP) is 0.681. The van der Waals surface area contributed by atoms with E-state index < -0.39 is 39.4 Å². The molecule has 1 fully saturated rings. The molecule has 1 amide bonds. The summed E-state index contributed by atoms with van der Waals surface area (Å²) < 4.78 is 25.9. The van der Waals surface area contributed by atoms with E-state index in [1.807, 2.05) is 0 Å². The van der Waals surface area contributed by atoms with Crippen LogP contribution in [0.15, 0.2) is 29.2 Å². The molecule has 1 aromatic carbocycles. The molecule has 1 aliphatic rings. The number of nitrogens with zero attached hydrogens (tertiary/aromatic N) is 3. The molecule has 11 heteroatoms. The van der Waals surface area contributed by atoms with Crippen molar-refractivity contribution in [2.24, 2.45) is 0 Å². The summed E-state index contributed by atoms with van der Waals surface area (Å²) in [6.45, 7) is -0.296. The van der Waals surface area contributed by atoms with Gasteiger partial charge in [-0.1, -0.05) is 6.07 Å². The van der Waals surface area contributed by atoms with Crippen LogP contribution in [0.1, 0.15) is 19.3 Å². The van der Waals surface area contributed by atoms with Gasteiger partial charge in [-0.2, -0.15) is 4.31 Å². The van der Waals surface area contributed by atoms with Crippen molar-refractivity contribution in [2.75, 3.05) is 20.1 Å². The van der Waals surface area contributed by atoms with E-state index in [4.69, 9.17) is 0 Å². The number of nitro benzene ring substituents is 1. The van der Waals surface area contributed by atoms with Crippen molar-refractivity contribution >= 4 is 27.6 Å². The molecule has 10 nitrogen and oxygen atoms in total. The number of sulfonamides is 1. The van der Waals surface area contributed by atoms with Crippen LogP contribution in [0, 0.1) is 10.1 Å². The average Bonchev–Trinajstić information content (AvgIpc) is 2.61. The topological polar surface area (TPSA) is 138 Å². The van der Waals surface area contributed by atoms with E-state index in [1.54, 1.807) is 0 Å². The zero-order valence-corrected chi connectivity index (χ0v) is 14.9. The zero-order chi connectivity index (χ0) is 19.5. The number of non-ortho nitro benzene ring substituents is 1. The Morgan fingerprint density at radius 1 is 1.38 bits per heavy atom. The first-order valence-electron chi connectivity index (χ1n) is 7.87. The average molecular weight is 385 g/mol. The maximum absolute atomic E-state index is 12.6. The second kappa shape index (κ2) is 7.79. The van der Waals surface area contributed by atoms with Crippen molar-refractivity contribution in [1.29, 1.82) is 0 Å². The number of benzene rings is 1. The summed E-state index contributed by atoms with van der Waals surface area (Å²) in [7, 11) is -2.96. The first-order valence-corrected chi connectivity index (χ1v) is 9.31. The molecule has 2 rings (SSSR count). The summed E-state index contributed by atoms with van der Waals surface area (Å²) >= 11 is 0. The van der Waals surface area contributed by atoms with Crippen molar-refractivity contribution in [1.82, 2.24) is 9.21 Å². The van der Waals surface area contributed by atoms with Gasteiger partial charge in [-0.25, -0.2) is 13.2 Å². The van der Waals surface area contributed by atoms with Crippen LogP contribution in [0.5, 0.6) is 0 Å². The zero-order valence-electron chi connectivity index (χ0n) is 14.1. The van der Waals surface area contributed by atoms with Crippen molar-refractivity contribution < 1.29 is 28.0 Å². The number of likely N-dealkylation sites (tertiary alicyclic amines) is 1. The molecule has 0 aromatic heterocycles. The quantitative estimate of drug-likeness (QED) is 0.561. The van der Waals surface area contributed by atoms with Crippen LogP contribution >= 0.6 is 0 Å². The normalized spacial score (nSPS) is 17.9. The van der Waals surface area contributed by atoms with Gasteiger partial charge in [-0.15, -0.1) is 0 Å². The highest BCUT2D eigenvalue weighted by atomic mass is 32.2. The molecule has 1 aliphatic heterocycles. The fraction of sp³-hybridized carbons (Fsp3) is 0.467. The molecule has 1 unspecified atom stereocenters.